The number of carbonyl (C=O) groups excluding carboxylic acids is 4. The highest BCUT2D eigenvalue weighted by molar-refractivity contribution is 9.10. The average Bonchev–Trinajstić information content (AvgIpc) is 2.75. The summed E-state index contributed by atoms with van der Waals surface area (Å²) in [5.41, 5.74) is 7.10. The van der Waals surface area contributed by atoms with Crippen molar-refractivity contribution in [3.8, 4) is 0 Å². The Morgan fingerprint density at radius 1 is 0.935 bits per heavy atom. The molecule has 0 aliphatic rings. The number of esters is 1. The maximum absolute atomic E-state index is 12.0. The summed E-state index contributed by atoms with van der Waals surface area (Å²) in [7, 11) is 0. The molecule has 2 aromatic rings. The fourth-order valence-electron chi connectivity index (χ4n) is 2.44. The fourth-order valence-corrected chi connectivity index (χ4v) is 3.10. The highest BCUT2D eigenvalue weighted by atomic mass is 79.9. The third-order valence-corrected chi connectivity index (χ3v) is 5.54. The van der Waals surface area contributed by atoms with Gasteiger partial charge in [-0.25, -0.2) is 0 Å². The van der Waals surface area contributed by atoms with Crippen LogP contribution in [0, 0.1) is 13.8 Å². The molecule has 0 saturated heterocycles. The van der Waals surface area contributed by atoms with Gasteiger partial charge in [0, 0.05) is 16.6 Å². The van der Waals surface area contributed by atoms with Crippen molar-refractivity contribution in [1.29, 1.82) is 0 Å². The van der Waals surface area contributed by atoms with E-state index in [1.165, 1.54) is 6.07 Å². The zero-order chi connectivity index (χ0) is 23.0. The summed E-state index contributed by atoms with van der Waals surface area (Å²) >= 11 is 9.32. The third kappa shape index (κ3) is 7.37. The third-order valence-electron chi connectivity index (χ3n) is 4.35. The normalized spacial score (nSPS) is 10.2. The van der Waals surface area contributed by atoms with Crippen molar-refractivity contribution >= 4 is 56.9 Å². The van der Waals surface area contributed by atoms with Gasteiger partial charge < -0.3 is 10.1 Å². The molecule has 0 bridgehead atoms. The maximum atomic E-state index is 12.0. The van der Waals surface area contributed by atoms with Crippen molar-refractivity contribution in [3.05, 3.63) is 62.6 Å². The van der Waals surface area contributed by atoms with E-state index >= 15 is 0 Å². The maximum Gasteiger partial charge on any atom is 0.306 e. The second kappa shape index (κ2) is 11.5. The molecule has 0 aliphatic heterocycles. The quantitative estimate of drug-likeness (QED) is 0.390. The summed E-state index contributed by atoms with van der Waals surface area (Å²) in [6.45, 7) is 3.31. The summed E-state index contributed by atoms with van der Waals surface area (Å²) in [6.07, 6.45) is -0.480. The minimum atomic E-state index is -0.716. The Hall–Kier alpha value is -2.91. The molecular formula is C21H21BrClN3O5. The molecule has 164 valence electrons. The standard InChI is InChI=1S/C21H21BrClN3O5/c1-12-13(2)17(8-7-15(12)22)24-19(28)11-31-20(29)10-9-18(27)25-26-21(30)14-5-3-4-6-16(14)23/h3-8H,9-11H2,1-2H3,(H,24,28)(H,25,27)(H,26,30). The van der Waals surface area contributed by atoms with E-state index in [-0.39, 0.29) is 23.4 Å². The van der Waals surface area contributed by atoms with Crippen molar-refractivity contribution in [2.45, 2.75) is 26.7 Å². The molecule has 0 heterocycles. The summed E-state index contributed by atoms with van der Waals surface area (Å²) in [5, 5.41) is 2.92. The van der Waals surface area contributed by atoms with Gasteiger partial charge in [0.25, 0.3) is 11.8 Å². The Morgan fingerprint density at radius 2 is 1.65 bits per heavy atom. The van der Waals surface area contributed by atoms with Crippen molar-refractivity contribution in [2.24, 2.45) is 0 Å². The number of benzene rings is 2. The molecular weight excluding hydrogens is 490 g/mol. The highest BCUT2D eigenvalue weighted by Gasteiger charge is 2.14. The van der Waals surface area contributed by atoms with Crippen molar-refractivity contribution < 1.29 is 23.9 Å². The van der Waals surface area contributed by atoms with E-state index in [9.17, 15) is 19.2 Å². The predicted molar refractivity (Wildman–Crippen MR) is 119 cm³/mol. The Bertz CT molecular complexity index is 1010. The van der Waals surface area contributed by atoms with Gasteiger partial charge in [0.05, 0.1) is 17.0 Å². The molecule has 3 amide bonds. The van der Waals surface area contributed by atoms with Crippen LogP contribution in [-0.2, 0) is 19.1 Å². The molecule has 10 heteroatoms. The summed E-state index contributed by atoms with van der Waals surface area (Å²) in [6, 6.07) is 9.91. The number of anilines is 1. The summed E-state index contributed by atoms with van der Waals surface area (Å²) in [4.78, 5) is 47.5. The number of hydrogen-bond acceptors (Lipinski definition) is 5. The lowest BCUT2D eigenvalue weighted by atomic mass is 10.1. The Balaban J connectivity index is 1.70. The molecule has 0 saturated carbocycles. The number of ether oxygens (including phenoxy) is 1. The summed E-state index contributed by atoms with van der Waals surface area (Å²) in [5.74, 6) is -2.39. The first-order valence-corrected chi connectivity index (χ1v) is 10.4. The van der Waals surface area contributed by atoms with E-state index in [2.05, 4.69) is 32.1 Å². The van der Waals surface area contributed by atoms with Gasteiger partial charge in [-0.15, -0.1) is 0 Å². The van der Waals surface area contributed by atoms with Gasteiger partial charge in [-0.05, 0) is 49.2 Å². The molecule has 31 heavy (non-hydrogen) atoms. The Morgan fingerprint density at radius 3 is 2.35 bits per heavy atom. The lowest BCUT2D eigenvalue weighted by Crippen LogP contribution is -2.41. The van der Waals surface area contributed by atoms with Gasteiger partial charge in [-0.3, -0.25) is 30.0 Å². The number of amides is 3. The van der Waals surface area contributed by atoms with Crippen molar-refractivity contribution in [3.63, 3.8) is 0 Å². The average molecular weight is 511 g/mol. The molecule has 0 radical (unpaired) electrons. The number of rotatable bonds is 7. The van der Waals surface area contributed by atoms with Gasteiger partial charge >= 0.3 is 5.97 Å². The van der Waals surface area contributed by atoms with Gasteiger partial charge in [0.1, 0.15) is 0 Å². The SMILES string of the molecule is Cc1c(Br)ccc(NC(=O)COC(=O)CCC(=O)NNC(=O)c2ccccc2Cl)c1C. The fraction of sp³-hybridized carbons (Fsp3) is 0.238. The zero-order valence-electron chi connectivity index (χ0n) is 16.9. The van der Waals surface area contributed by atoms with E-state index in [4.69, 9.17) is 16.3 Å². The number of carbonyl (C=O) groups is 4. The molecule has 0 unspecified atom stereocenters. The molecule has 0 aliphatic carbocycles. The van der Waals surface area contributed by atoms with Crippen LogP contribution < -0.4 is 16.2 Å². The molecule has 8 nitrogen and oxygen atoms in total. The minimum absolute atomic E-state index is 0.200. The second-order valence-corrected chi connectivity index (χ2v) is 7.80. The van der Waals surface area contributed by atoms with Gasteiger partial charge in [-0.1, -0.05) is 39.7 Å². The smallest absolute Gasteiger partial charge is 0.306 e. The number of nitrogens with one attached hydrogen (secondary N) is 3. The van der Waals surface area contributed by atoms with E-state index in [0.717, 1.165) is 15.6 Å². The van der Waals surface area contributed by atoms with Crippen LogP contribution in [0.1, 0.15) is 34.3 Å². The van der Waals surface area contributed by atoms with Crippen LogP contribution in [0.2, 0.25) is 5.02 Å². The molecule has 2 aromatic carbocycles. The van der Waals surface area contributed by atoms with Gasteiger partial charge in [-0.2, -0.15) is 0 Å². The largest absolute Gasteiger partial charge is 0.456 e. The topological polar surface area (TPSA) is 114 Å². The second-order valence-electron chi connectivity index (χ2n) is 6.54. The molecule has 2 rings (SSSR count). The van der Waals surface area contributed by atoms with Crippen LogP contribution in [0.5, 0.6) is 0 Å². The van der Waals surface area contributed by atoms with E-state index < -0.39 is 30.3 Å². The number of hydrogen-bond donors (Lipinski definition) is 3. The summed E-state index contributed by atoms with van der Waals surface area (Å²) < 4.78 is 5.81. The minimum Gasteiger partial charge on any atom is -0.456 e. The van der Waals surface area contributed by atoms with Crippen LogP contribution in [0.15, 0.2) is 40.9 Å². The highest BCUT2D eigenvalue weighted by Crippen LogP contribution is 2.25. The molecule has 0 atom stereocenters. The predicted octanol–water partition coefficient (Wildman–Crippen LogP) is 3.44. The first-order valence-electron chi connectivity index (χ1n) is 9.24. The number of hydrazine groups is 1. The molecule has 3 N–H and O–H groups in total. The molecule has 0 fully saturated rings. The van der Waals surface area contributed by atoms with Crippen LogP contribution in [0.3, 0.4) is 0 Å². The van der Waals surface area contributed by atoms with Crippen LogP contribution in [-0.4, -0.2) is 30.3 Å². The van der Waals surface area contributed by atoms with E-state index in [0.29, 0.717) is 5.69 Å². The van der Waals surface area contributed by atoms with Crippen LogP contribution in [0.4, 0.5) is 5.69 Å². The van der Waals surface area contributed by atoms with E-state index in [1.54, 1.807) is 24.3 Å². The van der Waals surface area contributed by atoms with Gasteiger partial charge in [0.15, 0.2) is 6.61 Å². The van der Waals surface area contributed by atoms with Crippen molar-refractivity contribution in [1.82, 2.24) is 10.9 Å². The first-order chi connectivity index (χ1) is 14.7. The van der Waals surface area contributed by atoms with Crippen LogP contribution in [0.25, 0.3) is 0 Å². The first kappa shape index (κ1) is 24.4. The lowest BCUT2D eigenvalue weighted by molar-refractivity contribution is -0.148. The lowest BCUT2D eigenvalue weighted by Gasteiger charge is -2.12. The zero-order valence-corrected chi connectivity index (χ0v) is 19.2. The van der Waals surface area contributed by atoms with Crippen molar-refractivity contribution in [2.75, 3.05) is 11.9 Å². The number of halogens is 2. The molecule has 0 aromatic heterocycles. The monoisotopic (exact) mass is 509 g/mol. The molecule has 0 spiro atoms. The van der Waals surface area contributed by atoms with Crippen LogP contribution >= 0.6 is 27.5 Å². The Labute approximate surface area is 192 Å². The Kier molecular flexibility index (Phi) is 9.02. The van der Waals surface area contributed by atoms with E-state index in [1.807, 2.05) is 19.9 Å². The van der Waals surface area contributed by atoms with Gasteiger partial charge in [0.2, 0.25) is 5.91 Å².